The number of hydrogen-bond acceptors (Lipinski definition) is 5. The maximum absolute atomic E-state index is 12.5. The lowest BCUT2D eigenvalue weighted by molar-refractivity contribution is -0.402. The van der Waals surface area contributed by atoms with Crippen molar-refractivity contribution in [2.24, 2.45) is 0 Å². The summed E-state index contributed by atoms with van der Waals surface area (Å²) >= 11 is 0. The highest BCUT2D eigenvalue weighted by atomic mass is 16.6. The molecule has 2 aromatic rings. The van der Waals surface area contributed by atoms with E-state index >= 15 is 0 Å². The van der Waals surface area contributed by atoms with Crippen LogP contribution in [0.5, 0.6) is 0 Å². The fourth-order valence-electron chi connectivity index (χ4n) is 2.67. The van der Waals surface area contributed by atoms with Crippen LogP contribution in [0.3, 0.4) is 0 Å². The normalized spacial score (nSPS) is 21.2. The van der Waals surface area contributed by atoms with Gasteiger partial charge in [-0.3, -0.25) is 14.9 Å². The molecule has 1 amide bonds. The standard InChI is InChI=1S/C16H16N2O5/c1-11-9-17(10-14(22-11)12-5-3-2-4-6-12)16(19)13-7-8-15(23-13)18(20)21/h2-8,11,14H,9-10H2,1H3/t11-,14+/m1/s1. The average molecular weight is 316 g/mol. The van der Waals surface area contributed by atoms with Crippen LogP contribution in [-0.2, 0) is 4.74 Å². The van der Waals surface area contributed by atoms with E-state index in [-0.39, 0.29) is 23.9 Å². The zero-order valence-electron chi connectivity index (χ0n) is 12.5. The topological polar surface area (TPSA) is 85.8 Å². The van der Waals surface area contributed by atoms with E-state index in [2.05, 4.69) is 0 Å². The van der Waals surface area contributed by atoms with E-state index in [1.165, 1.54) is 12.1 Å². The van der Waals surface area contributed by atoms with Crippen LogP contribution in [0.1, 0.15) is 29.1 Å². The van der Waals surface area contributed by atoms with Crippen molar-refractivity contribution in [3.8, 4) is 0 Å². The number of furan rings is 1. The molecular formula is C16H16N2O5. The molecule has 1 aromatic carbocycles. The average Bonchev–Trinajstić information content (AvgIpc) is 3.04. The fourth-order valence-corrected chi connectivity index (χ4v) is 2.67. The first kappa shape index (κ1) is 15.2. The minimum atomic E-state index is -0.661. The number of carbonyl (C=O) groups excluding carboxylic acids is 1. The second-order valence-electron chi connectivity index (χ2n) is 5.45. The number of nitrogens with zero attached hydrogens (tertiary/aromatic N) is 2. The largest absolute Gasteiger partial charge is 0.433 e. The summed E-state index contributed by atoms with van der Waals surface area (Å²) < 4.78 is 10.9. The van der Waals surface area contributed by atoms with Gasteiger partial charge in [-0.2, -0.15) is 0 Å². The van der Waals surface area contributed by atoms with E-state index < -0.39 is 10.8 Å². The molecule has 2 atom stereocenters. The van der Waals surface area contributed by atoms with Crippen molar-refractivity contribution >= 4 is 11.8 Å². The van der Waals surface area contributed by atoms with Gasteiger partial charge in [0.15, 0.2) is 5.76 Å². The van der Waals surface area contributed by atoms with E-state index in [0.29, 0.717) is 13.1 Å². The summed E-state index contributed by atoms with van der Waals surface area (Å²) in [6.45, 7) is 2.68. The van der Waals surface area contributed by atoms with Gasteiger partial charge in [0.05, 0.1) is 18.7 Å². The Morgan fingerprint density at radius 1 is 1.22 bits per heavy atom. The van der Waals surface area contributed by atoms with E-state index in [1.807, 2.05) is 37.3 Å². The molecule has 0 spiro atoms. The number of nitro groups is 1. The number of hydrogen-bond donors (Lipinski definition) is 0. The van der Waals surface area contributed by atoms with Gasteiger partial charge in [0.2, 0.25) is 0 Å². The van der Waals surface area contributed by atoms with Gasteiger partial charge in [-0.15, -0.1) is 0 Å². The summed E-state index contributed by atoms with van der Waals surface area (Å²) in [5, 5.41) is 10.7. The molecule has 0 N–H and O–H groups in total. The summed E-state index contributed by atoms with van der Waals surface area (Å²) in [7, 11) is 0. The molecule has 1 saturated heterocycles. The second-order valence-corrected chi connectivity index (χ2v) is 5.45. The third-order valence-electron chi connectivity index (χ3n) is 3.70. The smallest absolute Gasteiger partial charge is 0.395 e. The maximum atomic E-state index is 12.5. The quantitative estimate of drug-likeness (QED) is 0.642. The molecule has 3 rings (SSSR count). The van der Waals surface area contributed by atoms with Crippen molar-refractivity contribution in [3.63, 3.8) is 0 Å². The van der Waals surface area contributed by atoms with Crippen LogP contribution in [-0.4, -0.2) is 34.9 Å². The second kappa shape index (κ2) is 6.21. The van der Waals surface area contributed by atoms with Crippen molar-refractivity contribution in [2.45, 2.75) is 19.1 Å². The van der Waals surface area contributed by atoms with E-state index in [9.17, 15) is 14.9 Å². The van der Waals surface area contributed by atoms with E-state index in [4.69, 9.17) is 9.15 Å². The lowest BCUT2D eigenvalue weighted by atomic mass is 10.1. The number of rotatable bonds is 3. The summed E-state index contributed by atoms with van der Waals surface area (Å²) in [6.07, 6.45) is -0.364. The third kappa shape index (κ3) is 3.24. The summed E-state index contributed by atoms with van der Waals surface area (Å²) in [6, 6.07) is 12.2. The molecule has 1 aromatic heterocycles. The number of benzene rings is 1. The first-order valence-corrected chi connectivity index (χ1v) is 7.28. The maximum Gasteiger partial charge on any atom is 0.433 e. The zero-order chi connectivity index (χ0) is 16.4. The zero-order valence-corrected chi connectivity index (χ0v) is 12.5. The Labute approximate surface area is 132 Å². The first-order chi connectivity index (χ1) is 11.0. The molecule has 0 unspecified atom stereocenters. The van der Waals surface area contributed by atoms with E-state index in [0.717, 1.165) is 5.56 Å². The Balaban J connectivity index is 1.78. The third-order valence-corrected chi connectivity index (χ3v) is 3.70. The van der Waals surface area contributed by atoms with Crippen molar-refractivity contribution in [1.29, 1.82) is 0 Å². The molecule has 0 bridgehead atoms. The van der Waals surface area contributed by atoms with Crippen LogP contribution in [0.15, 0.2) is 46.9 Å². The predicted molar refractivity (Wildman–Crippen MR) is 81.0 cm³/mol. The molecule has 1 aliphatic heterocycles. The lowest BCUT2D eigenvalue weighted by Crippen LogP contribution is -2.45. The predicted octanol–water partition coefficient (Wildman–Crippen LogP) is 2.79. The highest BCUT2D eigenvalue weighted by Gasteiger charge is 2.31. The summed E-state index contributed by atoms with van der Waals surface area (Å²) in [5.41, 5.74) is 0.988. The number of morpholine rings is 1. The van der Waals surface area contributed by atoms with Crippen molar-refractivity contribution in [3.05, 3.63) is 63.9 Å². The number of ether oxygens (including phenoxy) is 1. The minimum Gasteiger partial charge on any atom is -0.395 e. The SMILES string of the molecule is C[C@@H]1CN(C(=O)c2ccc([N+](=O)[O-])o2)C[C@@H](c2ccccc2)O1. The van der Waals surface area contributed by atoms with Crippen LogP contribution >= 0.6 is 0 Å². The summed E-state index contributed by atoms with van der Waals surface area (Å²) in [5.74, 6) is -0.832. The van der Waals surface area contributed by atoms with Crippen molar-refractivity contribution < 1.29 is 18.9 Å². The highest BCUT2D eigenvalue weighted by molar-refractivity contribution is 5.91. The van der Waals surface area contributed by atoms with Gasteiger partial charge in [-0.1, -0.05) is 30.3 Å². The van der Waals surface area contributed by atoms with Gasteiger partial charge in [0, 0.05) is 6.54 Å². The molecule has 1 aliphatic rings. The van der Waals surface area contributed by atoms with Gasteiger partial charge in [0.25, 0.3) is 5.91 Å². The molecule has 0 saturated carbocycles. The van der Waals surface area contributed by atoms with Gasteiger partial charge < -0.3 is 14.1 Å². The molecular weight excluding hydrogens is 300 g/mol. The number of carbonyl (C=O) groups is 1. The van der Waals surface area contributed by atoms with Crippen molar-refractivity contribution in [2.75, 3.05) is 13.1 Å². The van der Waals surface area contributed by atoms with Gasteiger partial charge in [-0.05, 0) is 18.6 Å². The Morgan fingerprint density at radius 2 is 1.96 bits per heavy atom. The molecule has 7 heteroatoms. The molecule has 0 radical (unpaired) electrons. The van der Waals surface area contributed by atoms with E-state index in [1.54, 1.807) is 4.90 Å². The van der Waals surface area contributed by atoms with Gasteiger partial charge in [0.1, 0.15) is 11.0 Å². The highest BCUT2D eigenvalue weighted by Crippen LogP contribution is 2.27. The Hall–Kier alpha value is -2.67. The van der Waals surface area contributed by atoms with Crippen LogP contribution in [0.4, 0.5) is 5.88 Å². The first-order valence-electron chi connectivity index (χ1n) is 7.28. The minimum absolute atomic E-state index is 0.0300. The molecule has 1 fully saturated rings. The monoisotopic (exact) mass is 316 g/mol. The van der Waals surface area contributed by atoms with Crippen LogP contribution in [0, 0.1) is 10.1 Å². The lowest BCUT2D eigenvalue weighted by Gasteiger charge is -2.36. The van der Waals surface area contributed by atoms with Gasteiger partial charge in [-0.25, -0.2) is 0 Å². The molecule has 7 nitrogen and oxygen atoms in total. The van der Waals surface area contributed by atoms with Crippen LogP contribution in [0.2, 0.25) is 0 Å². The van der Waals surface area contributed by atoms with Crippen molar-refractivity contribution in [1.82, 2.24) is 4.90 Å². The molecule has 2 heterocycles. The summed E-state index contributed by atoms with van der Waals surface area (Å²) in [4.78, 5) is 24.1. The molecule has 120 valence electrons. The fraction of sp³-hybridized carbons (Fsp3) is 0.312. The number of amides is 1. The Bertz CT molecular complexity index is 712. The molecule has 0 aliphatic carbocycles. The Kier molecular flexibility index (Phi) is 4.12. The van der Waals surface area contributed by atoms with Crippen LogP contribution < -0.4 is 0 Å². The van der Waals surface area contributed by atoms with Crippen LogP contribution in [0.25, 0.3) is 0 Å². The van der Waals surface area contributed by atoms with Gasteiger partial charge >= 0.3 is 5.88 Å². The molecule has 23 heavy (non-hydrogen) atoms. The Morgan fingerprint density at radius 3 is 2.61 bits per heavy atom.